The van der Waals surface area contributed by atoms with Gasteiger partial charge >= 0.3 is 5.56 Å². The summed E-state index contributed by atoms with van der Waals surface area (Å²) in [6.45, 7) is 1.66. The first kappa shape index (κ1) is 14.7. The Morgan fingerprint density at radius 3 is 2.40 bits per heavy atom. The molecule has 0 aliphatic carbocycles. The van der Waals surface area contributed by atoms with E-state index >= 15 is 0 Å². The predicted octanol–water partition coefficient (Wildman–Crippen LogP) is 3.30. The van der Waals surface area contributed by atoms with Gasteiger partial charge in [0.1, 0.15) is 0 Å². The Kier molecular flexibility index (Phi) is 4.22. The Balaban J connectivity index is 2.41. The molecule has 6 nitrogen and oxygen atoms in total. The van der Waals surface area contributed by atoms with E-state index in [-0.39, 0.29) is 10.8 Å². The van der Waals surface area contributed by atoms with Gasteiger partial charge in [0.25, 0.3) is 0 Å². The van der Waals surface area contributed by atoms with Crippen LogP contribution in [0.4, 0.5) is 11.4 Å². The molecule has 0 amide bonds. The number of hydrogen-bond acceptors (Lipinski definition) is 4. The molecule has 0 radical (unpaired) electrons. The first-order chi connectivity index (χ1) is 9.38. The number of aromatic nitrogens is 2. The summed E-state index contributed by atoms with van der Waals surface area (Å²) in [7, 11) is 0. The first-order valence-electron chi connectivity index (χ1n) is 5.37. The van der Waals surface area contributed by atoms with E-state index < -0.39 is 5.56 Å². The first-order valence-corrected chi connectivity index (χ1v) is 6.54. The third-order valence-electron chi connectivity index (χ3n) is 2.37. The molecule has 1 heterocycles. The summed E-state index contributed by atoms with van der Waals surface area (Å²) >= 11 is 16.4. The van der Waals surface area contributed by atoms with E-state index in [0.717, 1.165) is 4.68 Å². The predicted molar refractivity (Wildman–Crippen MR) is 82.6 cm³/mol. The van der Waals surface area contributed by atoms with Gasteiger partial charge < -0.3 is 5.73 Å². The third kappa shape index (κ3) is 3.06. The molecule has 0 aliphatic heterocycles. The largest absolute Gasteiger partial charge is 0.374 e. The fraction of sp³-hybridized carbons (Fsp3) is 0.0909. The Morgan fingerprint density at radius 1 is 1.30 bits per heavy atom. The zero-order valence-electron chi connectivity index (χ0n) is 10.2. The molecule has 0 fully saturated rings. The molecule has 0 unspecified atom stereocenters. The lowest BCUT2D eigenvalue weighted by Gasteiger charge is -1.95. The number of nitrogens with one attached hydrogen (secondary N) is 1. The molecule has 104 valence electrons. The minimum Gasteiger partial charge on any atom is -0.374 e. The van der Waals surface area contributed by atoms with Gasteiger partial charge in [0.2, 0.25) is 0 Å². The maximum Gasteiger partial charge on any atom is 0.301 e. The van der Waals surface area contributed by atoms with Crippen molar-refractivity contribution in [2.45, 2.75) is 6.92 Å². The second-order valence-corrected chi connectivity index (χ2v) is 5.18. The van der Waals surface area contributed by atoms with E-state index in [1.807, 2.05) is 0 Å². The molecular formula is C11H9Cl2N5OS. The summed E-state index contributed by atoms with van der Waals surface area (Å²) in [5.41, 5.74) is 5.99. The Hall–Kier alpha value is -1.70. The summed E-state index contributed by atoms with van der Waals surface area (Å²) < 4.78 is 1.02. The summed E-state index contributed by atoms with van der Waals surface area (Å²) in [4.78, 5) is 11.9. The molecule has 3 N–H and O–H groups in total. The van der Waals surface area contributed by atoms with Crippen LogP contribution in [-0.2, 0) is 0 Å². The summed E-state index contributed by atoms with van der Waals surface area (Å²) in [5, 5.41) is 11.3. The van der Waals surface area contributed by atoms with E-state index in [4.69, 9.17) is 41.2 Å². The van der Waals surface area contributed by atoms with Gasteiger partial charge in [-0.2, -0.15) is 9.80 Å². The molecule has 2 aromatic rings. The number of thiocarbonyl (C=S) groups is 1. The van der Waals surface area contributed by atoms with E-state index in [1.165, 1.54) is 0 Å². The molecule has 2 rings (SSSR count). The van der Waals surface area contributed by atoms with Crippen molar-refractivity contribution < 1.29 is 0 Å². The van der Waals surface area contributed by atoms with Gasteiger partial charge in [-0.3, -0.25) is 9.89 Å². The van der Waals surface area contributed by atoms with Crippen LogP contribution in [0.25, 0.3) is 0 Å². The van der Waals surface area contributed by atoms with Gasteiger partial charge in [-0.15, -0.1) is 5.11 Å². The van der Waals surface area contributed by atoms with Crippen molar-refractivity contribution in [1.82, 2.24) is 9.78 Å². The molecule has 0 spiro atoms. The van der Waals surface area contributed by atoms with Crippen molar-refractivity contribution in [2.24, 2.45) is 16.0 Å². The minimum atomic E-state index is -0.466. The molecule has 0 atom stereocenters. The minimum absolute atomic E-state index is 0.0923. The Morgan fingerprint density at radius 2 is 1.90 bits per heavy atom. The van der Waals surface area contributed by atoms with Crippen molar-refractivity contribution in [3.8, 4) is 0 Å². The smallest absolute Gasteiger partial charge is 0.301 e. The summed E-state index contributed by atoms with van der Waals surface area (Å²) in [6, 6.07) is 4.72. The van der Waals surface area contributed by atoms with Crippen LogP contribution in [0.15, 0.2) is 33.2 Å². The molecule has 1 aromatic heterocycles. The molecule has 9 heteroatoms. The number of azo groups is 1. The van der Waals surface area contributed by atoms with E-state index in [1.54, 1.807) is 25.1 Å². The molecule has 1 aromatic carbocycles. The molecule has 0 bridgehead atoms. The van der Waals surface area contributed by atoms with Gasteiger partial charge in [-0.1, -0.05) is 23.2 Å². The van der Waals surface area contributed by atoms with Gasteiger partial charge in [0, 0.05) is 10.0 Å². The van der Waals surface area contributed by atoms with Gasteiger partial charge in [-0.05, 0) is 37.3 Å². The lowest BCUT2D eigenvalue weighted by Crippen LogP contribution is -2.29. The van der Waals surface area contributed by atoms with Crippen LogP contribution < -0.4 is 11.3 Å². The van der Waals surface area contributed by atoms with Gasteiger partial charge in [-0.25, -0.2) is 0 Å². The van der Waals surface area contributed by atoms with Gasteiger partial charge in [0.05, 0.1) is 11.4 Å². The van der Waals surface area contributed by atoms with Crippen molar-refractivity contribution in [2.75, 3.05) is 0 Å². The van der Waals surface area contributed by atoms with E-state index in [2.05, 4.69) is 15.3 Å². The summed E-state index contributed by atoms with van der Waals surface area (Å²) in [5.74, 6) is 0. The fourth-order valence-corrected chi connectivity index (χ4v) is 2.16. The SMILES string of the molecule is Cc1[nH]n(C(N)=S)c(=O)c1N=Nc1cc(Cl)cc(Cl)c1. The molecule has 0 aliphatic rings. The lowest BCUT2D eigenvalue weighted by molar-refractivity contribution is 0.889. The average Bonchev–Trinajstić information content (AvgIpc) is 2.61. The highest BCUT2D eigenvalue weighted by Gasteiger charge is 2.11. The van der Waals surface area contributed by atoms with Gasteiger partial charge in [0.15, 0.2) is 10.8 Å². The normalized spacial score (nSPS) is 11.2. The number of aryl methyl sites for hydroxylation is 1. The number of aromatic amines is 1. The fourth-order valence-electron chi connectivity index (χ4n) is 1.52. The quantitative estimate of drug-likeness (QED) is 0.654. The zero-order valence-corrected chi connectivity index (χ0v) is 12.6. The van der Waals surface area contributed by atoms with Crippen molar-refractivity contribution in [3.63, 3.8) is 0 Å². The molecule has 0 saturated carbocycles. The maximum absolute atomic E-state index is 11.9. The zero-order chi connectivity index (χ0) is 14.9. The third-order valence-corrected chi connectivity index (χ3v) is 2.99. The highest BCUT2D eigenvalue weighted by atomic mass is 35.5. The van der Waals surface area contributed by atoms with Crippen LogP contribution in [0.2, 0.25) is 10.0 Å². The van der Waals surface area contributed by atoms with E-state index in [9.17, 15) is 4.79 Å². The number of nitrogens with two attached hydrogens (primary N) is 1. The number of benzene rings is 1. The van der Waals surface area contributed by atoms with Crippen LogP contribution in [-0.4, -0.2) is 14.9 Å². The Bertz CT molecular complexity index is 744. The Labute approximate surface area is 129 Å². The highest BCUT2D eigenvalue weighted by molar-refractivity contribution is 7.80. The molecule has 20 heavy (non-hydrogen) atoms. The highest BCUT2D eigenvalue weighted by Crippen LogP contribution is 2.26. The average molecular weight is 330 g/mol. The van der Waals surface area contributed by atoms with Crippen LogP contribution in [0.5, 0.6) is 0 Å². The standard InChI is InChI=1S/C11H9Cl2N5OS/c1-5-9(10(19)18(17-5)11(14)20)16-15-8-3-6(12)2-7(13)4-8/h2-4,17H,1H3,(H2,14,20). The second-order valence-electron chi connectivity index (χ2n) is 3.89. The number of H-pyrrole nitrogens is 1. The topological polar surface area (TPSA) is 88.5 Å². The van der Waals surface area contributed by atoms with Crippen molar-refractivity contribution >= 4 is 51.9 Å². The number of nitrogens with zero attached hydrogens (tertiary/aromatic N) is 3. The molecule has 0 saturated heterocycles. The maximum atomic E-state index is 11.9. The lowest BCUT2D eigenvalue weighted by atomic mass is 10.3. The van der Waals surface area contributed by atoms with E-state index in [0.29, 0.717) is 21.4 Å². The van der Waals surface area contributed by atoms with Crippen LogP contribution in [0.1, 0.15) is 5.69 Å². The number of halogens is 2. The number of rotatable bonds is 2. The van der Waals surface area contributed by atoms with Crippen molar-refractivity contribution in [3.05, 3.63) is 44.3 Å². The van der Waals surface area contributed by atoms with Crippen LogP contribution in [0, 0.1) is 6.92 Å². The van der Waals surface area contributed by atoms with Crippen LogP contribution in [0.3, 0.4) is 0 Å². The second kappa shape index (κ2) is 5.74. The number of hydrogen-bond donors (Lipinski definition) is 2. The monoisotopic (exact) mass is 329 g/mol. The van der Waals surface area contributed by atoms with Crippen LogP contribution >= 0.6 is 35.4 Å². The summed E-state index contributed by atoms with van der Waals surface area (Å²) in [6.07, 6.45) is 0. The van der Waals surface area contributed by atoms with Crippen molar-refractivity contribution in [1.29, 1.82) is 0 Å². The molecular weight excluding hydrogens is 321 g/mol.